The molecular weight excluding hydrogens is 317 g/mol. The van der Waals surface area contributed by atoms with Crippen molar-refractivity contribution in [2.45, 2.75) is 6.42 Å². The van der Waals surface area contributed by atoms with Gasteiger partial charge >= 0.3 is 5.97 Å². The van der Waals surface area contributed by atoms with Gasteiger partial charge in [0.15, 0.2) is 12.3 Å². The number of halogens is 1. The van der Waals surface area contributed by atoms with Crippen molar-refractivity contribution < 1.29 is 18.7 Å². The summed E-state index contributed by atoms with van der Waals surface area (Å²) in [5, 5.41) is 6.31. The minimum Gasteiger partial charge on any atom is -0.451 e. The number of rotatable bonds is 6. The number of aromatic nitrogens is 2. The van der Waals surface area contributed by atoms with Gasteiger partial charge in [-0.25, -0.2) is 13.9 Å². The molecule has 0 aliphatic heterocycles. The zero-order valence-corrected chi connectivity index (χ0v) is 13.0. The largest absolute Gasteiger partial charge is 0.451 e. The number of hydrogen-bond acceptors (Lipinski definition) is 5. The monoisotopic (exact) mass is 333 g/mol. The van der Waals surface area contributed by atoms with Crippen molar-refractivity contribution in [1.82, 2.24) is 15.1 Å². The number of esters is 1. The number of nitrogens with zero attached hydrogens (tertiary/aromatic N) is 2. The molecule has 0 fully saturated rings. The third kappa shape index (κ3) is 5.01. The molecule has 1 heterocycles. The summed E-state index contributed by atoms with van der Waals surface area (Å²) in [5.41, 5.74) is 0.462. The molecular formula is C16H16FN3O4. The summed E-state index contributed by atoms with van der Waals surface area (Å²) in [6, 6.07) is 8.38. The number of carbonyl (C=O) groups is 2. The fraction of sp³-hybridized carbons (Fsp3) is 0.250. The van der Waals surface area contributed by atoms with Gasteiger partial charge < -0.3 is 10.1 Å². The Kier molecular flexibility index (Phi) is 5.78. The lowest BCUT2D eigenvalue weighted by Gasteiger charge is -2.07. The van der Waals surface area contributed by atoms with Gasteiger partial charge in [-0.3, -0.25) is 9.59 Å². The molecule has 2 aromatic rings. The van der Waals surface area contributed by atoms with Crippen LogP contribution in [0.1, 0.15) is 16.1 Å². The Hall–Kier alpha value is -3.03. The number of ether oxygens (including phenoxy) is 1. The number of aryl methyl sites for hydroxylation is 1. The summed E-state index contributed by atoms with van der Waals surface area (Å²) in [7, 11) is 1.40. The van der Waals surface area contributed by atoms with Crippen LogP contribution in [0.4, 0.5) is 4.39 Å². The van der Waals surface area contributed by atoms with E-state index in [4.69, 9.17) is 4.74 Å². The van der Waals surface area contributed by atoms with Crippen LogP contribution in [0.15, 0.2) is 41.2 Å². The molecule has 0 radical (unpaired) electrons. The molecule has 0 bridgehead atoms. The van der Waals surface area contributed by atoms with E-state index >= 15 is 0 Å². The summed E-state index contributed by atoms with van der Waals surface area (Å²) >= 11 is 0. The number of hydrogen-bond donors (Lipinski definition) is 1. The maximum Gasteiger partial charge on any atom is 0.359 e. The van der Waals surface area contributed by atoms with Crippen molar-refractivity contribution in [3.8, 4) is 0 Å². The number of nitrogens with one attached hydrogen (secondary N) is 1. The molecule has 8 heteroatoms. The minimum atomic E-state index is -0.792. The molecule has 0 aliphatic rings. The second-order valence-electron chi connectivity index (χ2n) is 4.98. The van der Waals surface area contributed by atoms with Crippen molar-refractivity contribution >= 4 is 11.9 Å². The van der Waals surface area contributed by atoms with E-state index in [1.807, 2.05) is 0 Å². The first kappa shape index (κ1) is 17.3. The number of carbonyl (C=O) groups excluding carboxylic acids is 2. The van der Waals surface area contributed by atoms with Gasteiger partial charge in [0.05, 0.1) is 0 Å². The topological polar surface area (TPSA) is 90.3 Å². The van der Waals surface area contributed by atoms with E-state index in [-0.39, 0.29) is 17.1 Å². The van der Waals surface area contributed by atoms with Gasteiger partial charge in [-0.1, -0.05) is 12.1 Å². The van der Waals surface area contributed by atoms with Crippen LogP contribution in [0.2, 0.25) is 0 Å². The molecule has 24 heavy (non-hydrogen) atoms. The summed E-state index contributed by atoms with van der Waals surface area (Å²) in [6.07, 6.45) is 0.530. The maximum atomic E-state index is 12.8. The summed E-state index contributed by atoms with van der Waals surface area (Å²) < 4.78 is 18.6. The van der Waals surface area contributed by atoms with E-state index in [0.717, 1.165) is 10.2 Å². The first-order valence-corrected chi connectivity index (χ1v) is 7.18. The molecule has 7 nitrogen and oxygen atoms in total. The highest BCUT2D eigenvalue weighted by atomic mass is 19.1. The normalized spacial score (nSPS) is 10.2. The summed E-state index contributed by atoms with van der Waals surface area (Å²) in [6.45, 7) is -0.118. The van der Waals surface area contributed by atoms with Gasteiger partial charge in [-0.05, 0) is 30.2 Å². The predicted octanol–water partition coefficient (Wildman–Crippen LogP) is 0.435. The van der Waals surface area contributed by atoms with Crippen molar-refractivity contribution in [3.63, 3.8) is 0 Å². The number of amides is 1. The number of benzene rings is 1. The highest BCUT2D eigenvalue weighted by molar-refractivity contribution is 5.89. The highest BCUT2D eigenvalue weighted by Gasteiger charge is 2.12. The lowest BCUT2D eigenvalue weighted by molar-refractivity contribution is -0.124. The quantitative estimate of drug-likeness (QED) is 0.775. The smallest absolute Gasteiger partial charge is 0.359 e. The van der Waals surface area contributed by atoms with Crippen LogP contribution >= 0.6 is 0 Å². The third-order valence-electron chi connectivity index (χ3n) is 3.15. The standard InChI is InChI=1S/C16H16FN3O4/c1-20-15(22)7-6-13(19-20)16(23)24-10-14(21)18-9-8-11-2-4-12(17)5-3-11/h2-7H,8-10H2,1H3,(H,18,21). The molecule has 0 aliphatic carbocycles. The van der Waals surface area contributed by atoms with E-state index in [0.29, 0.717) is 13.0 Å². The Balaban J connectivity index is 1.74. The molecule has 0 atom stereocenters. The van der Waals surface area contributed by atoms with Gasteiger partial charge in [0, 0.05) is 19.7 Å². The zero-order chi connectivity index (χ0) is 17.5. The van der Waals surface area contributed by atoms with Gasteiger partial charge in [0.1, 0.15) is 5.82 Å². The van der Waals surface area contributed by atoms with Crippen molar-refractivity contribution in [2.24, 2.45) is 7.05 Å². The van der Waals surface area contributed by atoms with Crippen LogP contribution in [-0.2, 0) is 23.0 Å². The van der Waals surface area contributed by atoms with Gasteiger partial charge in [0.25, 0.3) is 11.5 Å². The first-order valence-electron chi connectivity index (χ1n) is 7.18. The Morgan fingerprint density at radius 1 is 1.21 bits per heavy atom. The van der Waals surface area contributed by atoms with E-state index in [1.165, 1.54) is 31.3 Å². The second-order valence-corrected chi connectivity index (χ2v) is 4.98. The Bertz CT molecular complexity index is 787. The van der Waals surface area contributed by atoms with Gasteiger partial charge in [-0.2, -0.15) is 5.10 Å². The van der Waals surface area contributed by atoms with Crippen LogP contribution in [0, 0.1) is 5.82 Å². The lowest BCUT2D eigenvalue weighted by Crippen LogP contribution is -2.31. The Labute approximate surface area is 137 Å². The van der Waals surface area contributed by atoms with Crippen molar-refractivity contribution in [1.29, 1.82) is 0 Å². The molecule has 0 spiro atoms. The van der Waals surface area contributed by atoms with Crippen LogP contribution in [-0.4, -0.2) is 34.8 Å². The molecule has 1 aromatic heterocycles. The second kappa shape index (κ2) is 8.00. The van der Waals surface area contributed by atoms with Crippen LogP contribution < -0.4 is 10.9 Å². The minimum absolute atomic E-state index is 0.0591. The van der Waals surface area contributed by atoms with Crippen LogP contribution in [0.5, 0.6) is 0 Å². The van der Waals surface area contributed by atoms with E-state index < -0.39 is 18.5 Å². The molecule has 1 N–H and O–H groups in total. The molecule has 0 unspecified atom stereocenters. The highest BCUT2D eigenvalue weighted by Crippen LogP contribution is 2.02. The molecule has 0 saturated carbocycles. The van der Waals surface area contributed by atoms with Crippen molar-refractivity contribution in [3.05, 3.63) is 63.8 Å². The maximum absolute atomic E-state index is 12.8. The lowest BCUT2D eigenvalue weighted by atomic mass is 10.1. The molecule has 126 valence electrons. The molecule has 0 saturated heterocycles. The summed E-state index contributed by atoms with van der Waals surface area (Å²) in [4.78, 5) is 34.5. The van der Waals surface area contributed by atoms with E-state index in [2.05, 4.69) is 10.4 Å². The van der Waals surface area contributed by atoms with Crippen LogP contribution in [0.3, 0.4) is 0 Å². The van der Waals surface area contributed by atoms with Gasteiger partial charge in [0.2, 0.25) is 0 Å². The first-order chi connectivity index (χ1) is 11.5. The fourth-order valence-electron chi connectivity index (χ4n) is 1.86. The van der Waals surface area contributed by atoms with Crippen molar-refractivity contribution in [2.75, 3.05) is 13.2 Å². The zero-order valence-electron chi connectivity index (χ0n) is 13.0. The SMILES string of the molecule is Cn1nc(C(=O)OCC(=O)NCCc2ccc(F)cc2)ccc1=O. The molecule has 1 aromatic carbocycles. The average Bonchev–Trinajstić information content (AvgIpc) is 2.57. The summed E-state index contributed by atoms with van der Waals surface area (Å²) in [5.74, 6) is -1.57. The van der Waals surface area contributed by atoms with Crippen LogP contribution in [0.25, 0.3) is 0 Å². The Morgan fingerprint density at radius 2 is 1.92 bits per heavy atom. The van der Waals surface area contributed by atoms with E-state index in [9.17, 15) is 18.8 Å². The fourth-order valence-corrected chi connectivity index (χ4v) is 1.86. The van der Waals surface area contributed by atoms with E-state index in [1.54, 1.807) is 12.1 Å². The van der Waals surface area contributed by atoms with Gasteiger partial charge in [-0.15, -0.1) is 0 Å². The third-order valence-corrected chi connectivity index (χ3v) is 3.15. The average molecular weight is 333 g/mol. The molecule has 1 amide bonds. The molecule has 2 rings (SSSR count). The predicted molar refractivity (Wildman–Crippen MR) is 82.9 cm³/mol. The Morgan fingerprint density at radius 3 is 2.58 bits per heavy atom.